The van der Waals surface area contributed by atoms with Gasteiger partial charge >= 0.3 is 0 Å². The number of nitrogens with zero attached hydrogens (tertiary/aromatic N) is 1. The average Bonchev–Trinajstić information content (AvgIpc) is 2.41. The van der Waals surface area contributed by atoms with Crippen LogP contribution < -0.4 is 10.6 Å². The minimum atomic E-state index is 0.584. The van der Waals surface area contributed by atoms with Crippen LogP contribution in [0.2, 0.25) is 0 Å². The molecule has 2 rings (SSSR count). The van der Waals surface area contributed by atoms with Gasteiger partial charge in [0.1, 0.15) is 0 Å². The van der Waals surface area contributed by atoms with Crippen molar-refractivity contribution in [2.75, 3.05) is 11.4 Å². The van der Waals surface area contributed by atoms with Crippen LogP contribution in [0.3, 0.4) is 0 Å². The second kappa shape index (κ2) is 5.51. The molecule has 0 radical (unpaired) electrons. The molecule has 0 heterocycles. The summed E-state index contributed by atoms with van der Waals surface area (Å²) >= 11 is 0. The number of hydrogen-bond acceptors (Lipinski definition) is 2. The van der Waals surface area contributed by atoms with Gasteiger partial charge in [-0.15, -0.1) is 0 Å². The maximum atomic E-state index is 5.68. The Morgan fingerprint density at radius 2 is 1.65 bits per heavy atom. The number of hydrogen-bond donors (Lipinski definition) is 1. The molecular weight excluding hydrogens is 208 g/mol. The van der Waals surface area contributed by atoms with E-state index in [1.54, 1.807) is 0 Å². The Hall–Kier alpha value is -1.80. The SMILES string of the molecule is CCN(c1ccccc1)c1cccc(CN)c1. The van der Waals surface area contributed by atoms with Crippen LogP contribution in [0, 0.1) is 0 Å². The highest BCUT2D eigenvalue weighted by Gasteiger charge is 2.06. The van der Waals surface area contributed by atoms with Crippen LogP contribution in [0.25, 0.3) is 0 Å². The highest BCUT2D eigenvalue weighted by atomic mass is 15.1. The lowest BCUT2D eigenvalue weighted by Gasteiger charge is -2.23. The van der Waals surface area contributed by atoms with E-state index in [1.807, 2.05) is 6.07 Å². The molecule has 2 nitrogen and oxygen atoms in total. The lowest BCUT2D eigenvalue weighted by atomic mass is 10.1. The van der Waals surface area contributed by atoms with Gasteiger partial charge in [0.25, 0.3) is 0 Å². The predicted octanol–water partition coefficient (Wildman–Crippen LogP) is 3.30. The van der Waals surface area contributed by atoms with Crippen LogP contribution in [0.15, 0.2) is 54.6 Å². The highest BCUT2D eigenvalue weighted by Crippen LogP contribution is 2.25. The van der Waals surface area contributed by atoms with Crippen LogP contribution in [0.1, 0.15) is 12.5 Å². The van der Waals surface area contributed by atoms with Gasteiger partial charge in [0.2, 0.25) is 0 Å². The van der Waals surface area contributed by atoms with E-state index in [9.17, 15) is 0 Å². The fraction of sp³-hybridized carbons (Fsp3) is 0.200. The summed E-state index contributed by atoms with van der Waals surface area (Å²) in [4.78, 5) is 2.28. The molecule has 0 aliphatic rings. The molecule has 0 unspecified atom stereocenters. The molecule has 88 valence electrons. The van der Waals surface area contributed by atoms with Gasteiger partial charge in [-0.3, -0.25) is 0 Å². The van der Waals surface area contributed by atoms with Crippen molar-refractivity contribution in [3.63, 3.8) is 0 Å². The first kappa shape index (κ1) is 11.7. The fourth-order valence-corrected chi connectivity index (χ4v) is 1.97. The van der Waals surface area contributed by atoms with Gasteiger partial charge in [-0.05, 0) is 36.8 Å². The average molecular weight is 226 g/mol. The molecule has 17 heavy (non-hydrogen) atoms. The first-order chi connectivity index (χ1) is 8.35. The van der Waals surface area contributed by atoms with Crippen LogP contribution in [-0.2, 0) is 6.54 Å². The van der Waals surface area contributed by atoms with Gasteiger partial charge in [-0.25, -0.2) is 0 Å². The molecule has 2 aromatic carbocycles. The molecule has 0 aliphatic heterocycles. The Balaban J connectivity index is 2.35. The molecule has 0 fully saturated rings. The molecule has 2 heteroatoms. The summed E-state index contributed by atoms with van der Waals surface area (Å²) < 4.78 is 0. The molecule has 2 aromatic rings. The highest BCUT2D eigenvalue weighted by molar-refractivity contribution is 5.63. The summed E-state index contributed by atoms with van der Waals surface area (Å²) in [5.41, 5.74) is 9.25. The maximum absolute atomic E-state index is 5.68. The van der Waals surface area contributed by atoms with Crippen LogP contribution in [0.5, 0.6) is 0 Å². The Morgan fingerprint density at radius 1 is 0.941 bits per heavy atom. The number of anilines is 2. The van der Waals surface area contributed by atoms with Crippen molar-refractivity contribution in [2.24, 2.45) is 5.73 Å². The van der Waals surface area contributed by atoms with E-state index in [0.29, 0.717) is 6.54 Å². The molecular formula is C15H18N2. The van der Waals surface area contributed by atoms with E-state index in [1.165, 1.54) is 11.4 Å². The van der Waals surface area contributed by atoms with Crippen LogP contribution in [0.4, 0.5) is 11.4 Å². The zero-order chi connectivity index (χ0) is 12.1. The topological polar surface area (TPSA) is 29.3 Å². The third-order valence-corrected chi connectivity index (χ3v) is 2.84. The quantitative estimate of drug-likeness (QED) is 0.866. The monoisotopic (exact) mass is 226 g/mol. The summed E-state index contributed by atoms with van der Waals surface area (Å²) in [7, 11) is 0. The smallest absolute Gasteiger partial charge is 0.0413 e. The molecule has 0 spiro atoms. The van der Waals surface area contributed by atoms with Crippen LogP contribution in [-0.4, -0.2) is 6.54 Å². The minimum absolute atomic E-state index is 0.584. The van der Waals surface area contributed by atoms with E-state index < -0.39 is 0 Å². The van der Waals surface area contributed by atoms with Gasteiger partial charge in [0.15, 0.2) is 0 Å². The summed E-state index contributed by atoms with van der Waals surface area (Å²) in [5.74, 6) is 0. The van der Waals surface area contributed by atoms with Crippen molar-refractivity contribution in [2.45, 2.75) is 13.5 Å². The Bertz CT molecular complexity index is 465. The second-order valence-electron chi connectivity index (χ2n) is 3.95. The number of benzene rings is 2. The largest absolute Gasteiger partial charge is 0.342 e. The summed E-state index contributed by atoms with van der Waals surface area (Å²) in [6.07, 6.45) is 0. The van der Waals surface area contributed by atoms with Gasteiger partial charge in [0.05, 0.1) is 0 Å². The molecule has 0 saturated carbocycles. The second-order valence-corrected chi connectivity index (χ2v) is 3.95. The molecule has 0 amide bonds. The molecule has 0 aliphatic carbocycles. The maximum Gasteiger partial charge on any atom is 0.0413 e. The third-order valence-electron chi connectivity index (χ3n) is 2.84. The fourth-order valence-electron chi connectivity index (χ4n) is 1.97. The van der Waals surface area contributed by atoms with Gasteiger partial charge in [-0.2, -0.15) is 0 Å². The third kappa shape index (κ3) is 2.66. The Kier molecular flexibility index (Phi) is 3.78. The minimum Gasteiger partial charge on any atom is -0.342 e. The molecule has 0 aromatic heterocycles. The predicted molar refractivity (Wildman–Crippen MR) is 73.5 cm³/mol. The lowest BCUT2D eigenvalue weighted by Crippen LogP contribution is -2.16. The van der Waals surface area contributed by atoms with Crippen molar-refractivity contribution in [1.29, 1.82) is 0 Å². The first-order valence-corrected chi connectivity index (χ1v) is 5.96. The van der Waals surface area contributed by atoms with Crippen molar-refractivity contribution in [1.82, 2.24) is 0 Å². The molecule has 2 N–H and O–H groups in total. The summed E-state index contributed by atoms with van der Waals surface area (Å²) in [6.45, 7) is 3.68. The van der Waals surface area contributed by atoms with Gasteiger partial charge in [0, 0.05) is 24.5 Å². The van der Waals surface area contributed by atoms with Crippen LogP contribution >= 0.6 is 0 Å². The van der Waals surface area contributed by atoms with E-state index >= 15 is 0 Å². The molecule has 0 bridgehead atoms. The van der Waals surface area contributed by atoms with Gasteiger partial charge in [-0.1, -0.05) is 30.3 Å². The normalized spacial score (nSPS) is 10.2. The van der Waals surface area contributed by atoms with E-state index in [2.05, 4.69) is 60.4 Å². The summed E-state index contributed by atoms with van der Waals surface area (Å²) in [6, 6.07) is 18.8. The van der Waals surface area contributed by atoms with Gasteiger partial charge < -0.3 is 10.6 Å². The number of nitrogens with two attached hydrogens (primary N) is 1. The standard InChI is InChI=1S/C15H18N2/c1-2-17(14-8-4-3-5-9-14)15-10-6-7-13(11-15)12-16/h3-11H,2,12,16H2,1H3. The zero-order valence-corrected chi connectivity index (χ0v) is 10.1. The van der Waals surface area contributed by atoms with Crippen molar-refractivity contribution in [3.8, 4) is 0 Å². The van der Waals surface area contributed by atoms with Crippen molar-refractivity contribution < 1.29 is 0 Å². The number of rotatable bonds is 4. The zero-order valence-electron chi connectivity index (χ0n) is 10.1. The van der Waals surface area contributed by atoms with Crippen molar-refractivity contribution >= 4 is 11.4 Å². The Labute approximate surface area is 103 Å². The van der Waals surface area contributed by atoms with Crippen molar-refractivity contribution in [3.05, 3.63) is 60.2 Å². The summed E-state index contributed by atoms with van der Waals surface area (Å²) in [5, 5.41) is 0. The van der Waals surface area contributed by atoms with E-state index in [4.69, 9.17) is 5.73 Å². The Morgan fingerprint density at radius 3 is 2.29 bits per heavy atom. The first-order valence-electron chi connectivity index (χ1n) is 5.96. The lowest BCUT2D eigenvalue weighted by molar-refractivity contribution is 1.01. The molecule has 0 atom stereocenters. The molecule has 0 saturated heterocycles. The van der Waals surface area contributed by atoms with E-state index in [-0.39, 0.29) is 0 Å². The van der Waals surface area contributed by atoms with E-state index in [0.717, 1.165) is 12.1 Å². The number of para-hydroxylation sites is 1.